The first kappa shape index (κ1) is 15.7. The van der Waals surface area contributed by atoms with Crippen LogP contribution in [0.5, 0.6) is 0 Å². The number of hydrogen-bond donors (Lipinski definition) is 2. The van der Waals surface area contributed by atoms with Gasteiger partial charge >= 0.3 is 11.9 Å². The van der Waals surface area contributed by atoms with Gasteiger partial charge in [0.25, 0.3) is 0 Å². The van der Waals surface area contributed by atoms with Crippen molar-refractivity contribution in [3.8, 4) is 0 Å². The first-order valence-electron chi connectivity index (χ1n) is 1.11. The van der Waals surface area contributed by atoms with E-state index in [0.29, 0.717) is 0 Å². The van der Waals surface area contributed by atoms with E-state index in [-0.39, 0.29) is 22.3 Å². The Kier molecular flexibility index (Phi) is 12.5. The third-order valence-corrected chi connectivity index (χ3v) is 0.183. The number of carbonyl (C=O) groups is 2. The molecule has 0 aromatic rings. The Morgan fingerprint density at radius 3 is 1.12 bits per heavy atom. The Morgan fingerprint density at radius 1 is 1.00 bits per heavy atom. The zero-order chi connectivity index (χ0) is 5.15. The van der Waals surface area contributed by atoms with Crippen molar-refractivity contribution in [1.29, 1.82) is 0 Å². The van der Waals surface area contributed by atoms with Crippen LogP contribution in [0.15, 0.2) is 0 Å². The second-order valence-corrected chi connectivity index (χ2v) is 0.610. The Hall–Kier alpha value is -0.594. The largest absolute Gasteiger partial charge is 0.473 e. The van der Waals surface area contributed by atoms with Crippen molar-refractivity contribution >= 4 is 11.9 Å². The number of carboxylic acid groups (broad SMARTS) is 2. The van der Waals surface area contributed by atoms with Gasteiger partial charge in [0.15, 0.2) is 0 Å². The third-order valence-electron chi connectivity index (χ3n) is 0.183. The molecule has 6 heteroatoms. The molecule has 5 nitrogen and oxygen atoms in total. The summed E-state index contributed by atoms with van der Waals surface area (Å²) < 4.78 is 0. The van der Waals surface area contributed by atoms with Crippen LogP contribution < -0.4 is 0 Å². The minimum atomic E-state index is -1.82. The zero-order valence-corrected chi connectivity index (χ0v) is 4.59. The van der Waals surface area contributed by atoms with E-state index in [1.54, 1.807) is 0 Å². The van der Waals surface area contributed by atoms with Gasteiger partial charge in [-0.1, -0.05) is 0 Å². The van der Waals surface area contributed by atoms with Gasteiger partial charge in [-0.2, -0.15) is 0 Å². The van der Waals surface area contributed by atoms with Crippen molar-refractivity contribution in [2.75, 3.05) is 0 Å². The van der Waals surface area contributed by atoms with Gasteiger partial charge in [0.2, 0.25) is 0 Å². The van der Waals surface area contributed by atoms with E-state index in [0.717, 1.165) is 0 Å². The average molecular weight is 167 g/mol. The smallest absolute Gasteiger partial charge is 0.414 e. The fourth-order valence-electron chi connectivity index (χ4n) is 0. The van der Waals surface area contributed by atoms with Crippen molar-refractivity contribution in [2.45, 2.75) is 0 Å². The molecule has 0 bridgehead atoms. The molecule has 0 amide bonds. The van der Waals surface area contributed by atoms with Gasteiger partial charge in [-0.15, -0.1) is 0 Å². The minimum Gasteiger partial charge on any atom is -0.473 e. The van der Waals surface area contributed by atoms with Crippen molar-refractivity contribution in [1.82, 2.24) is 0 Å². The summed E-state index contributed by atoms with van der Waals surface area (Å²) in [5, 5.41) is 14.8. The summed E-state index contributed by atoms with van der Waals surface area (Å²) in [5.74, 6) is -3.65. The SMILES string of the molecule is O.O=C(O)C(=O)O.[Co]. The maximum atomic E-state index is 9.10. The molecule has 0 saturated carbocycles. The van der Waals surface area contributed by atoms with Gasteiger partial charge in [0.05, 0.1) is 0 Å². The number of hydrogen-bond acceptors (Lipinski definition) is 2. The van der Waals surface area contributed by atoms with Crippen molar-refractivity contribution in [2.24, 2.45) is 0 Å². The van der Waals surface area contributed by atoms with Gasteiger partial charge < -0.3 is 15.7 Å². The zero-order valence-electron chi connectivity index (χ0n) is 3.54. The first-order valence-corrected chi connectivity index (χ1v) is 1.11. The van der Waals surface area contributed by atoms with Crippen LogP contribution in [0.25, 0.3) is 0 Å². The predicted octanol–water partition coefficient (Wildman–Crippen LogP) is -1.67. The Bertz CT molecular complexity index is 76.4. The molecule has 0 atom stereocenters. The van der Waals surface area contributed by atoms with Gasteiger partial charge in [0.1, 0.15) is 0 Å². The minimum absolute atomic E-state index is 0. The number of rotatable bonds is 0. The molecule has 0 spiro atoms. The second-order valence-electron chi connectivity index (χ2n) is 0.610. The fraction of sp³-hybridized carbons (Fsp3) is 0. The Labute approximate surface area is 54.8 Å². The van der Waals surface area contributed by atoms with Crippen LogP contribution in [-0.4, -0.2) is 27.6 Å². The maximum Gasteiger partial charge on any atom is 0.414 e. The monoisotopic (exact) mass is 167 g/mol. The second kappa shape index (κ2) is 6.41. The van der Waals surface area contributed by atoms with Crippen LogP contribution in [0, 0.1) is 0 Å². The average Bonchev–Trinajstić information content (AvgIpc) is 1.36. The van der Waals surface area contributed by atoms with E-state index in [2.05, 4.69) is 0 Å². The van der Waals surface area contributed by atoms with Crippen molar-refractivity contribution in [3.05, 3.63) is 0 Å². The molecule has 0 aromatic heterocycles. The molecule has 0 unspecified atom stereocenters. The van der Waals surface area contributed by atoms with Gasteiger partial charge in [-0.3, -0.25) is 0 Å². The van der Waals surface area contributed by atoms with Gasteiger partial charge in [0, 0.05) is 16.8 Å². The van der Waals surface area contributed by atoms with E-state index in [9.17, 15) is 0 Å². The van der Waals surface area contributed by atoms with Crippen molar-refractivity contribution in [3.63, 3.8) is 0 Å². The summed E-state index contributed by atoms with van der Waals surface area (Å²) in [6, 6.07) is 0. The molecule has 1 radical (unpaired) electrons. The molecule has 0 aromatic carbocycles. The summed E-state index contributed by atoms with van der Waals surface area (Å²) in [4.78, 5) is 18.2. The van der Waals surface area contributed by atoms with Crippen molar-refractivity contribution < 1.29 is 42.1 Å². The van der Waals surface area contributed by atoms with Crippen LogP contribution in [0.2, 0.25) is 0 Å². The molecule has 0 aliphatic carbocycles. The topological polar surface area (TPSA) is 106 Å². The summed E-state index contributed by atoms with van der Waals surface area (Å²) in [5.41, 5.74) is 0. The van der Waals surface area contributed by atoms with Crippen LogP contribution in [0.4, 0.5) is 0 Å². The van der Waals surface area contributed by atoms with Crippen LogP contribution in [-0.2, 0) is 26.4 Å². The molecule has 0 saturated heterocycles. The Balaban J connectivity index is -0.000000125. The van der Waals surface area contributed by atoms with Gasteiger partial charge in [-0.05, 0) is 0 Å². The quantitative estimate of drug-likeness (QED) is 0.420. The van der Waals surface area contributed by atoms with Crippen LogP contribution >= 0.6 is 0 Å². The first-order chi connectivity index (χ1) is 2.64. The molecule has 8 heavy (non-hydrogen) atoms. The number of aliphatic carboxylic acids is 2. The van der Waals surface area contributed by atoms with E-state index in [4.69, 9.17) is 19.8 Å². The van der Waals surface area contributed by atoms with Crippen LogP contribution in [0.1, 0.15) is 0 Å². The van der Waals surface area contributed by atoms with Gasteiger partial charge in [-0.25, -0.2) is 9.59 Å². The fourth-order valence-corrected chi connectivity index (χ4v) is 0. The van der Waals surface area contributed by atoms with E-state index < -0.39 is 11.9 Å². The molecule has 0 rings (SSSR count). The predicted molar refractivity (Wildman–Crippen MR) is 18.9 cm³/mol. The standard InChI is InChI=1S/C2H2O4.Co.H2O/c3-1(4)2(5)6;;/h(H,3,4)(H,5,6);;1H2. The van der Waals surface area contributed by atoms with E-state index in [1.165, 1.54) is 0 Å². The summed E-state index contributed by atoms with van der Waals surface area (Å²) in [6.45, 7) is 0. The van der Waals surface area contributed by atoms with E-state index >= 15 is 0 Å². The summed E-state index contributed by atoms with van der Waals surface area (Å²) in [6.07, 6.45) is 0. The summed E-state index contributed by atoms with van der Waals surface area (Å²) in [7, 11) is 0. The molecule has 0 aliphatic heterocycles. The Morgan fingerprint density at radius 2 is 1.12 bits per heavy atom. The molecule has 0 fully saturated rings. The maximum absolute atomic E-state index is 9.10. The molecular formula is C2H4CoO5. The molecule has 0 aliphatic rings. The molecule has 51 valence electrons. The van der Waals surface area contributed by atoms with E-state index in [1.807, 2.05) is 0 Å². The molecular weight excluding hydrogens is 163 g/mol. The normalized spacial score (nSPS) is 5.50. The summed E-state index contributed by atoms with van der Waals surface area (Å²) >= 11 is 0. The van der Waals surface area contributed by atoms with Crippen LogP contribution in [0.3, 0.4) is 0 Å². The molecule has 4 N–H and O–H groups in total. The number of carboxylic acids is 2. The third kappa shape index (κ3) is 9.05. The molecule has 0 heterocycles.